The number of Topliss-reactive ketones (excluding diaryl/α,β-unsaturated/α-hetero) is 1. The number of esters is 1. The van der Waals surface area contributed by atoms with Crippen LogP contribution in [0.4, 0.5) is 0 Å². The highest BCUT2D eigenvalue weighted by molar-refractivity contribution is 6.42. The van der Waals surface area contributed by atoms with Crippen LogP contribution in [0, 0.1) is 0 Å². The van der Waals surface area contributed by atoms with Crippen LogP contribution < -0.4 is 4.74 Å². The molecule has 0 radical (unpaired) electrons. The minimum atomic E-state index is -0.876. The fraction of sp³-hybridized carbons (Fsp3) is 0.200. The third-order valence-electron chi connectivity index (χ3n) is 2.85. The van der Waals surface area contributed by atoms with Crippen molar-refractivity contribution in [3.05, 3.63) is 42.1 Å². The molecule has 0 spiro atoms. The molecule has 1 N–H and O–H groups in total. The Morgan fingerprint density at radius 1 is 1.35 bits per heavy atom. The van der Waals surface area contributed by atoms with Gasteiger partial charge in [-0.3, -0.25) is 4.79 Å². The molecular weight excluding hydrogens is 258 g/mol. The molecule has 1 heterocycles. The molecule has 2 rings (SSSR count). The molecule has 104 valence electrons. The summed E-state index contributed by atoms with van der Waals surface area (Å²) in [5.74, 6) is -0.852. The number of nitrogens with one attached hydrogen (secondary N) is 1. The van der Waals surface area contributed by atoms with Crippen LogP contribution in [-0.4, -0.2) is 30.5 Å². The number of ketones is 1. The number of ether oxygens (including phenoxy) is 2. The first kappa shape index (κ1) is 13.9. The van der Waals surface area contributed by atoms with Crippen molar-refractivity contribution in [3.8, 4) is 5.75 Å². The molecule has 0 bridgehead atoms. The summed E-state index contributed by atoms with van der Waals surface area (Å²) in [5, 5.41) is 0.666. The van der Waals surface area contributed by atoms with Crippen molar-refractivity contribution < 1.29 is 19.1 Å². The highest BCUT2D eigenvalue weighted by atomic mass is 16.5. The fourth-order valence-corrected chi connectivity index (χ4v) is 1.83. The Balaban J connectivity index is 2.29. The van der Waals surface area contributed by atoms with Gasteiger partial charge >= 0.3 is 5.97 Å². The molecule has 5 nitrogen and oxygen atoms in total. The van der Waals surface area contributed by atoms with Gasteiger partial charge in [-0.2, -0.15) is 0 Å². The summed E-state index contributed by atoms with van der Waals surface area (Å²) in [4.78, 5) is 26.0. The van der Waals surface area contributed by atoms with Crippen LogP contribution in [0.1, 0.15) is 17.3 Å². The molecule has 1 aromatic carbocycles. The number of carbonyl (C=O) groups is 2. The Morgan fingerprint density at radius 3 is 2.85 bits per heavy atom. The maximum atomic E-state index is 11.8. The Labute approximate surface area is 116 Å². The molecular formula is C15H15NO4. The van der Waals surface area contributed by atoms with Gasteiger partial charge < -0.3 is 14.5 Å². The number of hydrogen-bond acceptors (Lipinski definition) is 4. The summed E-state index contributed by atoms with van der Waals surface area (Å²) in [6, 6.07) is 5.29. The van der Waals surface area contributed by atoms with E-state index in [1.807, 2.05) is 19.1 Å². The second-order valence-electron chi connectivity index (χ2n) is 4.11. The molecule has 0 unspecified atom stereocenters. The van der Waals surface area contributed by atoms with Gasteiger partial charge in [0.1, 0.15) is 12.4 Å². The average molecular weight is 273 g/mol. The van der Waals surface area contributed by atoms with Gasteiger partial charge in [0.05, 0.1) is 12.7 Å². The number of aromatic nitrogens is 1. The van der Waals surface area contributed by atoms with Gasteiger partial charge in [-0.15, -0.1) is 0 Å². The van der Waals surface area contributed by atoms with Crippen molar-refractivity contribution >= 4 is 22.7 Å². The Morgan fingerprint density at radius 2 is 2.15 bits per heavy atom. The number of aromatic amines is 1. The molecule has 0 aliphatic heterocycles. The van der Waals surface area contributed by atoms with E-state index in [0.717, 1.165) is 5.52 Å². The second kappa shape index (κ2) is 6.06. The largest absolute Gasteiger partial charge is 0.489 e. The smallest absolute Gasteiger partial charge is 0.379 e. The number of carbonyl (C=O) groups excluding carboxylic acids is 2. The average Bonchev–Trinajstić information content (AvgIpc) is 2.89. The zero-order valence-electron chi connectivity index (χ0n) is 11.3. The highest BCUT2D eigenvalue weighted by Crippen LogP contribution is 2.24. The first-order valence-corrected chi connectivity index (χ1v) is 6.15. The SMILES string of the molecule is C/C=C/COc1ccc2c(C(=O)C(=O)OC)c[nH]c2c1. The van der Waals surface area contributed by atoms with E-state index in [1.54, 1.807) is 18.2 Å². The molecule has 0 atom stereocenters. The number of H-pyrrole nitrogens is 1. The molecule has 20 heavy (non-hydrogen) atoms. The monoisotopic (exact) mass is 273 g/mol. The maximum Gasteiger partial charge on any atom is 0.379 e. The fourth-order valence-electron chi connectivity index (χ4n) is 1.83. The lowest BCUT2D eigenvalue weighted by Crippen LogP contribution is -2.15. The quantitative estimate of drug-likeness (QED) is 0.393. The molecule has 0 aliphatic rings. The summed E-state index contributed by atoms with van der Waals surface area (Å²) in [6.45, 7) is 2.40. The van der Waals surface area contributed by atoms with Gasteiger partial charge in [0.15, 0.2) is 0 Å². The van der Waals surface area contributed by atoms with Crippen LogP contribution in [0.15, 0.2) is 36.5 Å². The van der Waals surface area contributed by atoms with E-state index < -0.39 is 11.8 Å². The van der Waals surface area contributed by atoms with Gasteiger partial charge in [-0.25, -0.2) is 4.79 Å². The van der Waals surface area contributed by atoms with E-state index in [-0.39, 0.29) is 0 Å². The summed E-state index contributed by atoms with van der Waals surface area (Å²) in [5.41, 5.74) is 1.03. The summed E-state index contributed by atoms with van der Waals surface area (Å²) < 4.78 is 9.95. The molecule has 0 fully saturated rings. The normalized spacial score (nSPS) is 10.9. The summed E-state index contributed by atoms with van der Waals surface area (Å²) in [6.07, 6.45) is 5.30. The Kier molecular flexibility index (Phi) is 4.20. The molecule has 5 heteroatoms. The van der Waals surface area contributed by atoms with E-state index in [9.17, 15) is 9.59 Å². The first-order chi connectivity index (χ1) is 9.67. The first-order valence-electron chi connectivity index (χ1n) is 6.15. The molecule has 2 aromatic rings. The van der Waals surface area contributed by atoms with Gasteiger partial charge in [0.25, 0.3) is 5.78 Å². The topological polar surface area (TPSA) is 68.4 Å². The van der Waals surface area contributed by atoms with E-state index in [2.05, 4.69) is 9.72 Å². The van der Waals surface area contributed by atoms with Gasteiger partial charge in [-0.1, -0.05) is 12.2 Å². The van der Waals surface area contributed by atoms with Crippen LogP contribution in [-0.2, 0) is 9.53 Å². The number of hydrogen-bond donors (Lipinski definition) is 1. The predicted octanol–water partition coefficient (Wildman–Crippen LogP) is 2.48. The van der Waals surface area contributed by atoms with Crippen molar-refractivity contribution in [2.75, 3.05) is 13.7 Å². The minimum Gasteiger partial charge on any atom is -0.489 e. The zero-order valence-corrected chi connectivity index (χ0v) is 11.3. The van der Waals surface area contributed by atoms with Gasteiger partial charge in [-0.05, 0) is 19.1 Å². The van der Waals surface area contributed by atoms with Crippen molar-refractivity contribution in [3.63, 3.8) is 0 Å². The van der Waals surface area contributed by atoms with E-state index in [0.29, 0.717) is 23.3 Å². The maximum absolute atomic E-state index is 11.8. The molecule has 0 amide bonds. The Hall–Kier alpha value is -2.56. The van der Waals surface area contributed by atoms with Crippen LogP contribution in [0.2, 0.25) is 0 Å². The standard InChI is InChI=1S/C15H15NO4/c1-3-4-7-20-10-5-6-11-12(9-16-13(11)8-10)14(17)15(18)19-2/h3-6,8-9,16H,7H2,1-2H3/b4-3+. The van der Waals surface area contributed by atoms with E-state index in [4.69, 9.17) is 4.74 Å². The molecule has 0 aliphatic carbocycles. The van der Waals surface area contributed by atoms with Gasteiger partial charge in [0, 0.05) is 23.2 Å². The molecule has 0 saturated carbocycles. The number of fused-ring (bicyclic) bond motifs is 1. The van der Waals surface area contributed by atoms with E-state index >= 15 is 0 Å². The lowest BCUT2D eigenvalue weighted by atomic mass is 10.1. The van der Waals surface area contributed by atoms with Crippen molar-refractivity contribution in [2.24, 2.45) is 0 Å². The third-order valence-corrected chi connectivity index (χ3v) is 2.85. The highest BCUT2D eigenvalue weighted by Gasteiger charge is 2.20. The lowest BCUT2D eigenvalue weighted by molar-refractivity contribution is -0.135. The van der Waals surface area contributed by atoms with Crippen LogP contribution in [0.3, 0.4) is 0 Å². The minimum absolute atomic E-state index is 0.298. The molecule has 0 saturated heterocycles. The zero-order chi connectivity index (χ0) is 14.5. The van der Waals surface area contributed by atoms with Crippen LogP contribution in [0.25, 0.3) is 10.9 Å². The second-order valence-corrected chi connectivity index (χ2v) is 4.11. The van der Waals surface area contributed by atoms with Crippen LogP contribution >= 0.6 is 0 Å². The third kappa shape index (κ3) is 2.71. The van der Waals surface area contributed by atoms with Crippen LogP contribution in [0.5, 0.6) is 5.75 Å². The van der Waals surface area contributed by atoms with E-state index in [1.165, 1.54) is 13.3 Å². The summed E-state index contributed by atoms with van der Waals surface area (Å²) in [7, 11) is 1.18. The number of methoxy groups -OCH3 is 1. The summed E-state index contributed by atoms with van der Waals surface area (Å²) >= 11 is 0. The number of benzene rings is 1. The van der Waals surface area contributed by atoms with Crippen molar-refractivity contribution in [1.82, 2.24) is 4.98 Å². The van der Waals surface area contributed by atoms with Crippen molar-refractivity contribution in [1.29, 1.82) is 0 Å². The number of rotatable bonds is 5. The Bertz CT molecular complexity index is 670. The molecule has 1 aromatic heterocycles. The lowest BCUT2D eigenvalue weighted by Gasteiger charge is -2.03. The van der Waals surface area contributed by atoms with Gasteiger partial charge in [0.2, 0.25) is 0 Å². The predicted molar refractivity (Wildman–Crippen MR) is 75.0 cm³/mol. The van der Waals surface area contributed by atoms with Crippen molar-refractivity contribution in [2.45, 2.75) is 6.92 Å². The number of allylic oxidation sites excluding steroid dienone is 1.